The number of piperidine rings is 1. The van der Waals surface area contributed by atoms with Crippen molar-refractivity contribution in [2.75, 3.05) is 26.3 Å². The van der Waals surface area contributed by atoms with Crippen molar-refractivity contribution in [1.29, 1.82) is 0 Å². The van der Waals surface area contributed by atoms with Crippen LogP contribution in [0, 0.1) is 0 Å². The zero-order valence-electron chi connectivity index (χ0n) is 17.6. The first-order valence-corrected chi connectivity index (χ1v) is 11.4. The molecule has 3 fully saturated rings. The van der Waals surface area contributed by atoms with Crippen LogP contribution in [0.2, 0.25) is 5.02 Å². The minimum atomic E-state index is 0.186. The van der Waals surface area contributed by atoms with Gasteiger partial charge in [-0.05, 0) is 76.2 Å². The van der Waals surface area contributed by atoms with E-state index in [0.29, 0.717) is 5.92 Å². The Morgan fingerprint density at radius 3 is 2.47 bits per heavy atom. The highest BCUT2D eigenvalue weighted by atomic mass is 35.5. The number of benzene rings is 1. The molecule has 0 N–H and O–H groups in total. The second-order valence-electron chi connectivity index (χ2n) is 9.88. The summed E-state index contributed by atoms with van der Waals surface area (Å²) in [6, 6.07) is 4.34. The lowest BCUT2D eigenvalue weighted by molar-refractivity contribution is -0.136. The van der Waals surface area contributed by atoms with Gasteiger partial charge in [-0.25, -0.2) is 4.68 Å². The van der Waals surface area contributed by atoms with Crippen molar-refractivity contribution in [3.8, 4) is 5.69 Å². The van der Waals surface area contributed by atoms with Crippen molar-refractivity contribution >= 4 is 22.5 Å². The molecular formula is C23H28ClN5O. The molecule has 2 aliphatic heterocycles. The predicted molar refractivity (Wildman–Crippen MR) is 118 cm³/mol. The molecule has 158 valence electrons. The van der Waals surface area contributed by atoms with E-state index in [0.717, 1.165) is 60.8 Å². The summed E-state index contributed by atoms with van der Waals surface area (Å²) in [7, 11) is 0. The van der Waals surface area contributed by atoms with Crippen molar-refractivity contribution in [2.24, 2.45) is 0 Å². The second-order valence-corrected chi connectivity index (χ2v) is 10.3. The van der Waals surface area contributed by atoms with Crippen LogP contribution in [0.25, 0.3) is 16.6 Å². The monoisotopic (exact) mass is 425 g/mol. The van der Waals surface area contributed by atoms with Gasteiger partial charge in [0.25, 0.3) is 0 Å². The molecule has 2 saturated heterocycles. The quantitative estimate of drug-likeness (QED) is 0.623. The summed E-state index contributed by atoms with van der Waals surface area (Å²) in [5, 5.41) is 11.2. The highest BCUT2D eigenvalue weighted by Crippen LogP contribution is 2.43. The molecule has 6 nitrogen and oxygen atoms in total. The minimum absolute atomic E-state index is 0.186. The lowest BCUT2D eigenvalue weighted by Crippen LogP contribution is -2.61. The van der Waals surface area contributed by atoms with Crippen LogP contribution in [0.15, 0.2) is 30.7 Å². The molecule has 0 amide bonds. The fraction of sp³-hybridized carbons (Fsp3) is 0.565. The molecule has 6 rings (SSSR count). The molecule has 30 heavy (non-hydrogen) atoms. The van der Waals surface area contributed by atoms with Gasteiger partial charge in [-0.15, -0.1) is 0 Å². The molecule has 3 aromatic rings. The number of nitrogens with zero attached hydrogens (tertiary/aromatic N) is 5. The Bertz CT molecular complexity index is 1100. The fourth-order valence-electron chi connectivity index (χ4n) is 5.02. The lowest BCUT2D eigenvalue weighted by atomic mass is 9.86. The van der Waals surface area contributed by atoms with E-state index in [1.807, 2.05) is 17.1 Å². The Morgan fingerprint density at radius 2 is 1.80 bits per heavy atom. The molecule has 0 unspecified atom stereocenters. The van der Waals surface area contributed by atoms with E-state index in [1.54, 1.807) is 0 Å². The molecule has 1 aromatic carbocycles. The van der Waals surface area contributed by atoms with Gasteiger partial charge in [0, 0.05) is 10.4 Å². The summed E-state index contributed by atoms with van der Waals surface area (Å²) in [5.74, 6) is 0.485. The average molecular weight is 426 g/mol. The van der Waals surface area contributed by atoms with E-state index in [4.69, 9.17) is 16.3 Å². The zero-order chi connectivity index (χ0) is 20.5. The van der Waals surface area contributed by atoms with Crippen LogP contribution >= 0.6 is 11.6 Å². The van der Waals surface area contributed by atoms with Crippen molar-refractivity contribution < 1.29 is 4.74 Å². The molecule has 1 saturated carbocycles. The summed E-state index contributed by atoms with van der Waals surface area (Å²) >= 11 is 6.74. The molecule has 0 bridgehead atoms. The van der Waals surface area contributed by atoms with Crippen LogP contribution in [-0.4, -0.2) is 56.3 Å². The molecule has 0 spiro atoms. The summed E-state index contributed by atoms with van der Waals surface area (Å²) < 4.78 is 9.56. The number of ether oxygens (including phenoxy) is 1. The van der Waals surface area contributed by atoms with Crippen molar-refractivity contribution in [1.82, 2.24) is 24.5 Å². The van der Waals surface area contributed by atoms with Gasteiger partial charge in [0.1, 0.15) is 5.69 Å². The molecule has 2 aromatic heterocycles. The van der Waals surface area contributed by atoms with Gasteiger partial charge in [0.2, 0.25) is 0 Å². The minimum Gasteiger partial charge on any atom is -0.377 e. The smallest absolute Gasteiger partial charge is 0.103 e. The third kappa shape index (κ3) is 2.92. The summed E-state index contributed by atoms with van der Waals surface area (Å²) in [5.41, 5.74) is 3.79. The van der Waals surface area contributed by atoms with Gasteiger partial charge in [0.15, 0.2) is 0 Å². The van der Waals surface area contributed by atoms with Crippen LogP contribution in [0.1, 0.15) is 51.0 Å². The highest BCUT2D eigenvalue weighted by molar-refractivity contribution is 6.32. The molecular weight excluding hydrogens is 398 g/mol. The number of hydrogen-bond acceptors (Lipinski definition) is 4. The first-order chi connectivity index (χ1) is 14.5. The van der Waals surface area contributed by atoms with E-state index in [2.05, 4.69) is 52.0 Å². The number of hydrogen-bond donors (Lipinski definition) is 0. The van der Waals surface area contributed by atoms with Gasteiger partial charge < -0.3 is 4.74 Å². The maximum atomic E-state index is 6.74. The first kappa shape index (κ1) is 18.8. The van der Waals surface area contributed by atoms with Crippen molar-refractivity contribution in [3.63, 3.8) is 0 Å². The van der Waals surface area contributed by atoms with Crippen LogP contribution in [0.5, 0.6) is 0 Å². The number of likely N-dealkylation sites (tertiary alicyclic amines) is 1. The Hall–Kier alpha value is -1.89. The van der Waals surface area contributed by atoms with Crippen molar-refractivity contribution in [3.05, 3.63) is 41.3 Å². The molecule has 4 heterocycles. The average Bonchev–Trinajstić information content (AvgIpc) is 3.13. The standard InChI is InChI=1S/C23H28ClN5O/c1-22(5-6-22)28-13-18(12-25-28)29-21-10-19(20(24)9-17(21)11-26-29)16-3-7-27(8-4-16)23(2)14-30-15-23/h9-13,16H,3-8,14-15H2,1-2H3. The number of aromatic nitrogens is 4. The maximum Gasteiger partial charge on any atom is 0.103 e. The number of fused-ring (bicyclic) bond motifs is 1. The number of halogens is 1. The number of rotatable bonds is 4. The van der Waals surface area contributed by atoms with Gasteiger partial charge in [0.05, 0.1) is 48.4 Å². The van der Waals surface area contributed by atoms with Crippen LogP contribution < -0.4 is 0 Å². The lowest BCUT2D eigenvalue weighted by Gasteiger charge is -2.50. The molecule has 7 heteroatoms. The fourth-order valence-corrected chi connectivity index (χ4v) is 5.35. The van der Waals surface area contributed by atoms with Crippen LogP contribution in [0.4, 0.5) is 0 Å². The maximum absolute atomic E-state index is 6.74. The van der Waals surface area contributed by atoms with Gasteiger partial charge in [-0.2, -0.15) is 10.2 Å². The summed E-state index contributed by atoms with van der Waals surface area (Å²) in [6.45, 7) is 8.49. The van der Waals surface area contributed by atoms with E-state index in [1.165, 1.54) is 18.4 Å². The zero-order valence-corrected chi connectivity index (χ0v) is 18.4. The van der Waals surface area contributed by atoms with Crippen LogP contribution in [0.3, 0.4) is 0 Å². The SMILES string of the molecule is CC1(N2CCC(c3cc4c(cnn4-c4cnn(C5(C)CC5)c4)cc3Cl)CC2)COC1. The van der Waals surface area contributed by atoms with E-state index in [9.17, 15) is 0 Å². The molecule has 0 atom stereocenters. The molecule has 1 aliphatic carbocycles. The van der Waals surface area contributed by atoms with Crippen molar-refractivity contribution in [2.45, 2.75) is 56.5 Å². The first-order valence-electron chi connectivity index (χ1n) is 11.0. The third-order valence-electron chi connectivity index (χ3n) is 7.55. The Morgan fingerprint density at radius 1 is 1.03 bits per heavy atom. The predicted octanol–water partition coefficient (Wildman–Crippen LogP) is 4.35. The van der Waals surface area contributed by atoms with Crippen LogP contribution in [-0.2, 0) is 10.3 Å². The summed E-state index contributed by atoms with van der Waals surface area (Å²) in [4.78, 5) is 2.59. The second kappa shape index (κ2) is 6.55. The van der Waals surface area contributed by atoms with E-state index < -0.39 is 0 Å². The topological polar surface area (TPSA) is 48.1 Å². The Labute approximate surface area is 181 Å². The normalized spacial score (nSPS) is 23.6. The van der Waals surface area contributed by atoms with Gasteiger partial charge in [-0.1, -0.05) is 11.6 Å². The Balaban J connectivity index is 1.29. The van der Waals surface area contributed by atoms with Gasteiger partial charge in [-0.3, -0.25) is 9.58 Å². The van der Waals surface area contributed by atoms with E-state index >= 15 is 0 Å². The largest absolute Gasteiger partial charge is 0.377 e. The molecule has 3 aliphatic rings. The highest BCUT2D eigenvalue weighted by Gasteiger charge is 2.41. The summed E-state index contributed by atoms with van der Waals surface area (Å²) in [6.07, 6.45) is 10.6. The molecule has 0 radical (unpaired) electrons. The van der Waals surface area contributed by atoms with E-state index in [-0.39, 0.29) is 11.1 Å². The van der Waals surface area contributed by atoms with Gasteiger partial charge >= 0.3 is 0 Å². The third-order valence-corrected chi connectivity index (χ3v) is 7.88. The Kier molecular flexibility index (Phi) is 4.12.